The van der Waals surface area contributed by atoms with Gasteiger partial charge in [-0.15, -0.1) is 0 Å². The van der Waals surface area contributed by atoms with Crippen LogP contribution in [0.4, 0.5) is 0 Å². The molecule has 2 amide bonds. The van der Waals surface area contributed by atoms with Gasteiger partial charge in [0.05, 0.1) is 7.11 Å². The van der Waals surface area contributed by atoms with Crippen LogP contribution in [-0.4, -0.2) is 31.5 Å². The molecule has 0 unspecified atom stereocenters. The first-order chi connectivity index (χ1) is 13.7. The smallest absolute Gasteiger partial charge is 0.251 e. The van der Waals surface area contributed by atoms with Gasteiger partial charge in [0.2, 0.25) is 0 Å². The van der Waals surface area contributed by atoms with Gasteiger partial charge in [-0.25, -0.2) is 0 Å². The van der Waals surface area contributed by atoms with Crippen LogP contribution in [-0.2, 0) is 6.42 Å². The summed E-state index contributed by atoms with van der Waals surface area (Å²) in [6.45, 7) is 0.498. The molecule has 1 saturated carbocycles. The van der Waals surface area contributed by atoms with E-state index in [1.54, 1.807) is 31.4 Å². The van der Waals surface area contributed by atoms with Crippen LogP contribution in [0.15, 0.2) is 48.5 Å². The molecule has 0 bridgehead atoms. The van der Waals surface area contributed by atoms with E-state index in [1.807, 2.05) is 24.3 Å². The molecule has 0 saturated heterocycles. The van der Waals surface area contributed by atoms with E-state index in [0.29, 0.717) is 24.1 Å². The molecule has 28 heavy (non-hydrogen) atoms. The number of rotatable bonds is 7. The molecule has 0 aliphatic heterocycles. The Kier molecular flexibility index (Phi) is 7.06. The zero-order valence-corrected chi connectivity index (χ0v) is 16.4. The molecule has 0 spiro atoms. The molecular formula is C23H28N2O3. The Morgan fingerprint density at radius 2 is 1.68 bits per heavy atom. The van der Waals surface area contributed by atoms with Crippen LogP contribution in [0.5, 0.6) is 5.75 Å². The third-order valence-corrected chi connectivity index (χ3v) is 5.20. The van der Waals surface area contributed by atoms with Crippen LogP contribution in [0.25, 0.3) is 0 Å². The predicted molar refractivity (Wildman–Crippen MR) is 110 cm³/mol. The van der Waals surface area contributed by atoms with Crippen LogP contribution in [0.2, 0.25) is 0 Å². The van der Waals surface area contributed by atoms with Gasteiger partial charge in [0.15, 0.2) is 0 Å². The lowest BCUT2D eigenvalue weighted by atomic mass is 9.95. The summed E-state index contributed by atoms with van der Waals surface area (Å²) in [4.78, 5) is 25.0. The molecule has 1 aliphatic rings. The molecule has 5 heteroatoms. The highest BCUT2D eigenvalue weighted by atomic mass is 16.5. The lowest BCUT2D eigenvalue weighted by Crippen LogP contribution is -2.36. The largest absolute Gasteiger partial charge is 0.496 e. The molecule has 0 radical (unpaired) electrons. The first kappa shape index (κ1) is 19.9. The van der Waals surface area contributed by atoms with Crippen molar-refractivity contribution in [2.45, 2.75) is 44.6 Å². The topological polar surface area (TPSA) is 67.4 Å². The van der Waals surface area contributed by atoms with Crippen molar-refractivity contribution in [1.82, 2.24) is 10.6 Å². The molecule has 2 aromatic rings. The quantitative estimate of drug-likeness (QED) is 0.769. The fourth-order valence-corrected chi connectivity index (χ4v) is 3.64. The number of benzene rings is 2. The number of amides is 2. The Balaban J connectivity index is 1.55. The van der Waals surface area contributed by atoms with E-state index in [1.165, 1.54) is 19.3 Å². The highest BCUT2D eigenvalue weighted by Gasteiger charge is 2.17. The minimum Gasteiger partial charge on any atom is -0.496 e. The van der Waals surface area contributed by atoms with Gasteiger partial charge >= 0.3 is 0 Å². The fourth-order valence-electron chi connectivity index (χ4n) is 3.64. The zero-order valence-electron chi connectivity index (χ0n) is 16.4. The molecule has 0 atom stereocenters. The number of carbonyl (C=O) groups is 2. The first-order valence-electron chi connectivity index (χ1n) is 9.98. The summed E-state index contributed by atoms with van der Waals surface area (Å²) in [5.74, 6) is 0.538. The highest BCUT2D eigenvalue weighted by Crippen LogP contribution is 2.18. The second kappa shape index (κ2) is 9.93. The number of carbonyl (C=O) groups excluding carboxylic acids is 2. The van der Waals surface area contributed by atoms with Crippen LogP contribution in [0.1, 0.15) is 58.4 Å². The standard InChI is InChI=1S/C23H28N2O3/c1-28-21-13-6-5-8-17(21)14-15-24-22(26)18-9-7-10-19(16-18)23(27)25-20-11-3-2-4-12-20/h5-10,13,16,20H,2-4,11-12,14-15H2,1H3,(H,24,26)(H,25,27). The molecule has 0 heterocycles. The zero-order chi connectivity index (χ0) is 19.8. The van der Waals surface area contributed by atoms with Crippen LogP contribution >= 0.6 is 0 Å². The maximum Gasteiger partial charge on any atom is 0.251 e. The average molecular weight is 380 g/mol. The minimum atomic E-state index is -0.179. The molecule has 3 rings (SSSR count). The summed E-state index contributed by atoms with van der Waals surface area (Å²) in [6.07, 6.45) is 6.33. The predicted octanol–water partition coefficient (Wildman–Crippen LogP) is 3.73. The van der Waals surface area contributed by atoms with Crippen LogP contribution in [0.3, 0.4) is 0 Å². The lowest BCUT2D eigenvalue weighted by Gasteiger charge is -2.22. The summed E-state index contributed by atoms with van der Waals surface area (Å²) < 4.78 is 5.33. The van der Waals surface area contributed by atoms with Crippen molar-refractivity contribution in [3.63, 3.8) is 0 Å². The second-order valence-corrected chi connectivity index (χ2v) is 7.21. The highest BCUT2D eigenvalue weighted by molar-refractivity contribution is 5.99. The van der Waals surface area contributed by atoms with Gasteiger partial charge < -0.3 is 15.4 Å². The van der Waals surface area contributed by atoms with Gasteiger partial charge in [0.1, 0.15) is 5.75 Å². The number of nitrogens with one attached hydrogen (secondary N) is 2. The molecule has 2 aromatic carbocycles. The van der Waals surface area contributed by atoms with Crippen LogP contribution in [0, 0.1) is 0 Å². The van der Waals surface area contributed by atoms with E-state index >= 15 is 0 Å². The molecule has 1 aliphatic carbocycles. The Hall–Kier alpha value is -2.82. The third-order valence-electron chi connectivity index (χ3n) is 5.20. The summed E-state index contributed by atoms with van der Waals surface area (Å²) >= 11 is 0. The summed E-state index contributed by atoms with van der Waals surface area (Å²) in [5, 5.41) is 6.01. The summed E-state index contributed by atoms with van der Waals surface area (Å²) in [6, 6.07) is 14.9. The van der Waals surface area contributed by atoms with Gasteiger partial charge in [-0.3, -0.25) is 9.59 Å². The van der Waals surface area contributed by atoms with Crippen molar-refractivity contribution in [1.29, 1.82) is 0 Å². The number of hydrogen-bond donors (Lipinski definition) is 2. The number of ether oxygens (including phenoxy) is 1. The third kappa shape index (κ3) is 5.35. The second-order valence-electron chi connectivity index (χ2n) is 7.21. The van der Waals surface area contributed by atoms with Gasteiger partial charge in [-0.1, -0.05) is 43.5 Å². The van der Waals surface area contributed by atoms with Gasteiger partial charge in [0.25, 0.3) is 11.8 Å². The molecule has 0 aromatic heterocycles. The minimum absolute atomic E-state index is 0.101. The van der Waals surface area contributed by atoms with Crippen molar-refractivity contribution in [2.24, 2.45) is 0 Å². The van der Waals surface area contributed by atoms with Gasteiger partial charge in [-0.05, 0) is 49.1 Å². The Morgan fingerprint density at radius 3 is 2.43 bits per heavy atom. The van der Waals surface area contributed by atoms with Crippen molar-refractivity contribution in [3.8, 4) is 5.75 Å². The molecule has 148 valence electrons. The van der Waals surface area contributed by atoms with Crippen molar-refractivity contribution in [2.75, 3.05) is 13.7 Å². The summed E-state index contributed by atoms with van der Waals surface area (Å²) in [5.41, 5.74) is 2.07. The Bertz CT molecular complexity index is 813. The Labute approximate surface area is 166 Å². The van der Waals surface area contributed by atoms with Crippen molar-refractivity contribution in [3.05, 3.63) is 65.2 Å². The molecule has 5 nitrogen and oxygen atoms in total. The number of methoxy groups -OCH3 is 1. The Morgan fingerprint density at radius 1 is 0.964 bits per heavy atom. The fraction of sp³-hybridized carbons (Fsp3) is 0.391. The van der Waals surface area contributed by atoms with Crippen LogP contribution < -0.4 is 15.4 Å². The van der Waals surface area contributed by atoms with Crippen molar-refractivity contribution < 1.29 is 14.3 Å². The maximum absolute atomic E-state index is 12.5. The van der Waals surface area contributed by atoms with Gasteiger partial charge in [0, 0.05) is 23.7 Å². The normalized spacial score (nSPS) is 14.3. The lowest BCUT2D eigenvalue weighted by molar-refractivity contribution is 0.0927. The van der Waals surface area contributed by atoms with E-state index in [9.17, 15) is 9.59 Å². The average Bonchev–Trinajstić information content (AvgIpc) is 2.75. The van der Waals surface area contributed by atoms with E-state index in [-0.39, 0.29) is 17.9 Å². The number of para-hydroxylation sites is 1. The van der Waals surface area contributed by atoms with Crippen molar-refractivity contribution >= 4 is 11.8 Å². The van der Waals surface area contributed by atoms with E-state index in [0.717, 1.165) is 24.2 Å². The monoisotopic (exact) mass is 380 g/mol. The first-order valence-corrected chi connectivity index (χ1v) is 9.98. The van der Waals surface area contributed by atoms with E-state index < -0.39 is 0 Å². The summed E-state index contributed by atoms with van der Waals surface area (Å²) in [7, 11) is 1.64. The van der Waals surface area contributed by atoms with Gasteiger partial charge in [-0.2, -0.15) is 0 Å². The molecular weight excluding hydrogens is 352 g/mol. The van der Waals surface area contributed by atoms with E-state index in [4.69, 9.17) is 4.74 Å². The number of hydrogen-bond acceptors (Lipinski definition) is 3. The van der Waals surface area contributed by atoms with E-state index in [2.05, 4.69) is 10.6 Å². The SMILES string of the molecule is COc1ccccc1CCNC(=O)c1cccc(C(=O)NC2CCCCC2)c1. The molecule has 1 fully saturated rings. The maximum atomic E-state index is 12.5. The molecule has 2 N–H and O–H groups in total.